The molecule has 3 rings (SSSR count). The lowest BCUT2D eigenvalue weighted by Crippen LogP contribution is -1.90. The van der Waals surface area contributed by atoms with Crippen LogP contribution < -0.4 is 5.32 Å². The first-order valence-corrected chi connectivity index (χ1v) is 9.70. The van der Waals surface area contributed by atoms with E-state index < -0.39 is 0 Å². The normalized spacial score (nSPS) is 9.19. The summed E-state index contributed by atoms with van der Waals surface area (Å²) in [7, 11) is 0. The van der Waals surface area contributed by atoms with Gasteiger partial charge in [0.1, 0.15) is 0 Å². The molecule has 0 bridgehead atoms. The number of hydrogen-bond acceptors (Lipinski definition) is 1. The van der Waals surface area contributed by atoms with E-state index >= 15 is 0 Å². The molecule has 3 aromatic rings. The summed E-state index contributed by atoms with van der Waals surface area (Å²) in [6.45, 7) is 11.7. The highest BCUT2D eigenvalue weighted by molar-refractivity contribution is 5.70. The Bertz CT molecular complexity index is 756. The van der Waals surface area contributed by atoms with E-state index in [0.717, 1.165) is 11.4 Å². The van der Waals surface area contributed by atoms with E-state index in [1.165, 1.54) is 29.5 Å². The molecule has 0 aliphatic rings. The Morgan fingerprint density at radius 2 is 1.30 bits per heavy atom. The highest BCUT2D eigenvalue weighted by Gasteiger charge is 1.99. The zero-order chi connectivity index (χ0) is 19.9. The molecule has 0 spiro atoms. The van der Waals surface area contributed by atoms with Gasteiger partial charge in [-0.3, -0.25) is 0 Å². The van der Waals surface area contributed by atoms with Gasteiger partial charge in [-0.2, -0.15) is 0 Å². The molecule has 0 aliphatic heterocycles. The summed E-state index contributed by atoms with van der Waals surface area (Å²) >= 11 is 0. The lowest BCUT2D eigenvalue weighted by atomic mass is 10.1. The first-order valence-electron chi connectivity index (χ1n) is 9.70. The number of benzene rings is 3. The lowest BCUT2D eigenvalue weighted by Gasteiger charge is -2.09. The zero-order valence-electron chi connectivity index (χ0n) is 17.2. The van der Waals surface area contributed by atoms with Crippen LogP contribution in [-0.2, 0) is 0 Å². The van der Waals surface area contributed by atoms with Crippen LogP contribution in [0.5, 0.6) is 0 Å². The van der Waals surface area contributed by atoms with Crippen LogP contribution >= 0.6 is 0 Å². The van der Waals surface area contributed by atoms with Crippen LogP contribution in [0.4, 0.5) is 11.4 Å². The van der Waals surface area contributed by atoms with Gasteiger partial charge in [-0.1, -0.05) is 92.9 Å². The van der Waals surface area contributed by atoms with Crippen LogP contribution in [0.3, 0.4) is 0 Å². The van der Waals surface area contributed by atoms with Gasteiger partial charge >= 0.3 is 0 Å². The highest BCUT2D eigenvalue weighted by Crippen LogP contribution is 2.24. The molecule has 0 aromatic heterocycles. The van der Waals surface area contributed by atoms with Crippen LogP contribution in [0.2, 0.25) is 0 Å². The molecule has 3 aromatic carbocycles. The van der Waals surface area contributed by atoms with Gasteiger partial charge in [0.2, 0.25) is 0 Å². The summed E-state index contributed by atoms with van der Waals surface area (Å²) in [6, 6.07) is 27.3. The molecule has 142 valence electrons. The van der Waals surface area contributed by atoms with Gasteiger partial charge < -0.3 is 5.32 Å². The summed E-state index contributed by atoms with van der Waals surface area (Å²) in [5.41, 5.74) is 5.95. The second kappa shape index (κ2) is 13.4. The Morgan fingerprint density at radius 3 is 1.85 bits per heavy atom. The Morgan fingerprint density at radius 1 is 0.741 bits per heavy atom. The molecule has 1 heteroatoms. The van der Waals surface area contributed by atoms with Gasteiger partial charge in [0.15, 0.2) is 0 Å². The molecule has 0 heterocycles. The minimum absolute atomic E-state index is 1.11. The molecular formula is C26H33N. The predicted molar refractivity (Wildman–Crippen MR) is 123 cm³/mol. The fourth-order valence-corrected chi connectivity index (χ4v) is 2.21. The number of hydrogen-bond donors (Lipinski definition) is 1. The third-order valence-electron chi connectivity index (χ3n) is 3.81. The van der Waals surface area contributed by atoms with Gasteiger partial charge in [0, 0.05) is 11.4 Å². The van der Waals surface area contributed by atoms with Crippen molar-refractivity contribution in [3.8, 4) is 11.1 Å². The molecule has 1 nitrogen and oxygen atoms in total. The fraction of sp³-hybridized carbons (Fsp3) is 0.231. The van der Waals surface area contributed by atoms with Crippen molar-refractivity contribution < 1.29 is 0 Å². The lowest BCUT2D eigenvalue weighted by molar-refractivity contribution is 0.886. The van der Waals surface area contributed by atoms with Gasteiger partial charge in [-0.25, -0.2) is 0 Å². The number of rotatable bonds is 4. The second-order valence-corrected chi connectivity index (χ2v) is 6.35. The monoisotopic (exact) mass is 359 g/mol. The molecule has 0 amide bonds. The topological polar surface area (TPSA) is 12.0 Å². The van der Waals surface area contributed by atoms with Gasteiger partial charge in [0.25, 0.3) is 0 Å². The highest BCUT2D eigenvalue weighted by atomic mass is 14.9. The van der Waals surface area contributed by atoms with Crippen LogP contribution in [0.25, 0.3) is 11.1 Å². The number of nitrogens with one attached hydrogen (secondary N) is 1. The van der Waals surface area contributed by atoms with Crippen molar-refractivity contribution in [3.05, 3.63) is 97.1 Å². The van der Waals surface area contributed by atoms with Crippen molar-refractivity contribution in [2.24, 2.45) is 0 Å². The third-order valence-corrected chi connectivity index (χ3v) is 3.81. The maximum atomic E-state index is 3.44. The van der Waals surface area contributed by atoms with Crippen molar-refractivity contribution in [2.45, 2.75) is 40.5 Å². The molecule has 0 saturated heterocycles. The van der Waals surface area contributed by atoms with Crippen LogP contribution in [0.1, 0.15) is 39.2 Å². The molecule has 1 N–H and O–H groups in total. The summed E-state index contributed by atoms with van der Waals surface area (Å²) in [4.78, 5) is 0. The minimum atomic E-state index is 1.11. The summed E-state index contributed by atoms with van der Waals surface area (Å²) < 4.78 is 0. The Hall–Kier alpha value is -2.80. The minimum Gasteiger partial charge on any atom is -0.356 e. The van der Waals surface area contributed by atoms with Crippen molar-refractivity contribution in [2.75, 3.05) is 5.32 Å². The van der Waals surface area contributed by atoms with E-state index in [1.54, 1.807) is 6.08 Å². The zero-order valence-corrected chi connectivity index (χ0v) is 17.2. The first kappa shape index (κ1) is 22.2. The quantitative estimate of drug-likeness (QED) is 0.461. The van der Waals surface area contributed by atoms with Gasteiger partial charge in [0.05, 0.1) is 0 Å². The second-order valence-electron chi connectivity index (χ2n) is 6.35. The summed E-state index contributed by atoms with van der Waals surface area (Å²) in [5.74, 6) is 0. The van der Waals surface area contributed by atoms with E-state index in [0.29, 0.717) is 0 Å². The Kier molecular flexibility index (Phi) is 11.0. The molecule has 0 unspecified atom stereocenters. The largest absolute Gasteiger partial charge is 0.356 e. The molecule has 0 saturated carbocycles. The van der Waals surface area contributed by atoms with Gasteiger partial charge in [-0.05, 0) is 49.2 Å². The van der Waals surface area contributed by atoms with Crippen LogP contribution in [-0.4, -0.2) is 0 Å². The smallest absolute Gasteiger partial charge is 0.0390 e. The average Bonchev–Trinajstić information content (AvgIpc) is 2.71. The maximum absolute atomic E-state index is 3.44. The average molecular weight is 360 g/mol. The van der Waals surface area contributed by atoms with Crippen molar-refractivity contribution >= 4 is 11.4 Å². The number of anilines is 2. The van der Waals surface area contributed by atoms with Crippen LogP contribution in [0.15, 0.2) is 91.5 Å². The van der Waals surface area contributed by atoms with E-state index in [1.807, 2.05) is 13.0 Å². The number of unbranched alkanes of at least 4 members (excludes halogenated alkanes) is 1. The molecule has 27 heavy (non-hydrogen) atoms. The molecule has 0 fully saturated rings. The SMILES string of the molecule is C=CC.CCCC.Cc1ccc(Nc2cccc(-c3ccccc3)c2)cc1. The molecule has 0 aliphatic carbocycles. The van der Waals surface area contributed by atoms with E-state index in [-0.39, 0.29) is 0 Å². The van der Waals surface area contributed by atoms with Crippen molar-refractivity contribution in [1.29, 1.82) is 0 Å². The molecule has 0 atom stereocenters. The van der Waals surface area contributed by atoms with Crippen molar-refractivity contribution in [1.82, 2.24) is 0 Å². The van der Waals surface area contributed by atoms with Crippen LogP contribution in [0, 0.1) is 6.92 Å². The Balaban J connectivity index is 0.000000453. The fourth-order valence-electron chi connectivity index (χ4n) is 2.21. The van der Waals surface area contributed by atoms with Gasteiger partial charge in [-0.15, -0.1) is 6.58 Å². The number of aryl methyl sites for hydroxylation is 1. The summed E-state index contributed by atoms with van der Waals surface area (Å²) in [5, 5.41) is 3.44. The van der Waals surface area contributed by atoms with Crippen molar-refractivity contribution in [3.63, 3.8) is 0 Å². The predicted octanol–water partition coefficient (Wildman–Crippen LogP) is 8.40. The maximum Gasteiger partial charge on any atom is 0.0390 e. The molecule has 0 radical (unpaired) electrons. The number of allylic oxidation sites excluding steroid dienone is 1. The first-order chi connectivity index (χ1) is 13.1. The summed E-state index contributed by atoms with van der Waals surface area (Å²) in [6.07, 6.45) is 4.39. The van der Waals surface area contributed by atoms with E-state index in [2.05, 4.69) is 105 Å². The van der Waals surface area contributed by atoms with E-state index in [4.69, 9.17) is 0 Å². The van der Waals surface area contributed by atoms with E-state index in [9.17, 15) is 0 Å². The molecular weight excluding hydrogens is 326 g/mol. The third kappa shape index (κ3) is 8.91. The standard InChI is InChI=1S/C19H17N.C4H10.C3H6/c1-15-10-12-18(13-11-15)20-19-9-5-8-17(14-19)16-6-3-2-4-7-16;1-3-4-2;1-3-2/h2-14,20H,1H3;3-4H2,1-2H3;3H,1H2,2H3. The Labute approximate surface area is 165 Å².